The number of ether oxygens (including phenoxy) is 4. The van der Waals surface area contributed by atoms with Crippen LogP contribution in [0.3, 0.4) is 0 Å². The highest BCUT2D eigenvalue weighted by atomic mass is 16.6. The van der Waals surface area contributed by atoms with E-state index in [1.807, 2.05) is 0 Å². The number of rotatable bonds is 12. The normalized spacial score (nSPS) is 14.4. The maximum Gasteiger partial charge on any atom is 0.310 e. The van der Waals surface area contributed by atoms with Crippen LogP contribution in [0.15, 0.2) is 11.8 Å². The predicted molar refractivity (Wildman–Crippen MR) is 97.7 cm³/mol. The summed E-state index contributed by atoms with van der Waals surface area (Å²) in [6.07, 6.45) is -2.67. The molecule has 0 unspecified atom stereocenters. The Balaban J connectivity index is 6.07. The van der Waals surface area contributed by atoms with Crippen molar-refractivity contribution in [2.75, 3.05) is 6.61 Å². The molecule has 0 aromatic rings. The molecule has 0 saturated heterocycles. The van der Waals surface area contributed by atoms with E-state index in [1.54, 1.807) is 27.7 Å². The van der Waals surface area contributed by atoms with E-state index in [4.69, 9.17) is 18.9 Å². The minimum absolute atomic E-state index is 0.00218. The first-order chi connectivity index (χ1) is 13.3. The van der Waals surface area contributed by atoms with Crippen LogP contribution in [0.5, 0.6) is 0 Å². The summed E-state index contributed by atoms with van der Waals surface area (Å²) in [6, 6.07) is 0. The van der Waals surface area contributed by atoms with Gasteiger partial charge in [0.05, 0.1) is 6.61 Å². The average molecular weight is 402 g/mol. The molecule has 0 amide bonds. The largest absolute Gasteiger partial charge is 0.456 e. The van der Waals surface area contributed by atoms with Gasteiger partial charge in [-0.15, -0.1) is 0 Å². The van der Waals surface area contributed by atoms with Crippen LogP contribution < -0.4 is 0 Å². The first kappa shape index (κ1) is 25.6. The van der Waals surface area contributed by atoms with Crippen molar-refractivity contribution >= 4 is 23.9 Å². The number of hydrogen-bond acceptors (Lipinski definition) is 9. The number of hydrogen-bond donors (Lipinski definition) is 1. The monoisotopic (exact) mass is 402 g/mol. The van der Waals surface area contributed by atoms with E-state index in [2.05, 4.69) is 0 Å². The van der Waals surface area contributed by atoms with Gasteiger partial charge >= 0.3 is 23.9 Å². The molecule has 0 spiro atoms. The van der Waals surface area contributed by atoms with Gasteiger partial charge in [0.2, 0.25) is 0 Å². The third kappa shape index (κ3) is 8.51. The van der Waals surface area contributed by atoms with Crippen LogP contribution in [0, 0.1) is 0 Å². The van der Waals surface area contributed by atoms with Crippen molar-refractivity contribution in [3.05, 3.63) is 11.8 Å². The highest BCUT2D eigenvalue weighted by Crippen LogP contribution is 2.23. The van der Waals surface area contributed by atoms with Gasteiger partial charge in [-0.3, -0.25) is 19.2 Å². The molecule has 0 bridgehead atoms. The standard InChI is InChI=1S/C19H30O9/c1-6-12(25-14(21)7-2)18(27-16(23)9-4)19(28-17(24)10-5)13(11-20)26-15(22)8-3/h6,13,18-20H,7-11H2,1-5H3/b12-6-/t13-,18+,19-/m1/s1. The summed E-state index contributed by atoms with van der Waals surface area (Å²) in [5, 5.41) is 9.71. The molecule has 0 fully saturated rings. The van der Waals surface area contributed by atoms with Gasteiger partial charge in [-0.2, -0.15) is 0 Å². The Morgan fingerprint density at radius 3 is 1.68 bits per heavy atom. The van der Waals surface area contributed by atoms with Crippen molar-refractivity contribution < 1.29 is 43.2 Å². The van der Waals surface area contributed by atoms with E-state index in [0.717, 1.165) is 0 Å². The number of aliphatic hydroxyl groups excluding tert-OH is 1. The van der Waals surface area contributed by atoms with Crippen LogP contribution in [0.4, 0.5) is 0 Å². The highest BCUT2D eigenvalue weighted by Gasteiger charge is 2.41. The Labute approximate surface area is 165 Å². The zero-order chi connectivity index (χ0) is 21.7. The molecular weight excluding hydrogens is 372 g/mol. The Morgan fingerprint density at radius 2 is 1.25 bits per heavy atom. The lowest BCUT2D eigenvalue weighted by molar-refractivity contribution is -0.189. The zero-order valence-electron chi connectivity index (χ0n) is 17.1. The van der Waals surface area contributed by atoms with Crippen LogP contribution in [0.1, 0.15) is 60.3 Å². The molecule has 0 radical (unpaired) electrons. The van der Waals surface area contributed by atoms with E-state index in [-0.39, 0.29) is 31.4 Å². The van der Waals surface area contributed by atoms with Crippen molar-refractivity contribution in [2.45, 2.75) is 78.6 Å². The smallest absolute Gasteiger partial charge is 0.310 e. The summed E-state index contributed by atoms with van der Waals surface area (Å²) >= 11 is 0. The summed E-state index contributed by atoms with van der Waals surface area (Å²) in [5.41, 5.74) is 0. The molecule has 0 aliphatic carbocycles. The van der Waals surface area contributed by atoms with Crippen LogP contribution in [0.25, 0.3) is 0 Å². The Bertz CT molecular complexity index is 568. The second kappa shape index (κ2) is 13.7. The number of carbonyl (C=O) groups is 4. The van der Waals surface area contributed by atoms with Crippen LogP contribution in [-0.4, -0.2) is 53.9 Å². The molecule has 3 atom stereocenters. The zero-order valence-corrected chi connectivity index (χ0v) is 17.1. The fourth-order valence-corrected chi connectivity index (χ4v) is 2.03. The van der Waals surface area contributed by atoms with Crippen molar-refractivity contribution in [2.24, 2.45) is 0 Å². The van der Waals surface area contributed by atoms with E-state index in [1.165, 1.54) is 13.0 Å². The minimum atomic E-state index is -1.40. The fraction of sp³-hybridized carbons (Fsp3) is 0.684. The average Bonchev–Trinajstić information content (AvgIpc) is 2.71. The van der Waals surface area contributed by atoms with E-state index < -0.39 is 48.8 Å². The summed E-state index contributed by atoms with van der Waals surface area (Å²) in [7, 11) is 0. The second-order valence-corrected chi connectivity index (χ2v) is 5.66. The SMILES string of the molecule is C/C=C(\OC(=O)CC)[C@H](OC(=O)CC)[C@H](OC(=O)CC)[C@@H](CO)OC(=O)CC. The highest BCUT2D eigenvalue weighted by molar-refractivity contribution is 5.72. The maximum absolute atomic E-state index is 11.9. The molecule has 160 valence electrons. The third-order valence-electron chi connectivity index (χ3n) is 3.60. The molecule has 0 aliphatic rings. The van der Waals surface area contributed by atoms with Gasteiger partial charge in [-0.25, -0.2) is 0 Å². The minimum Gasteiger partial charge on any atom is -0.456 e. The molecular formula is C19H30O9. The molecule has 28 heavy (non-hydrogen) atoms. The van der Waals surface area contributed by atoms with Gasteiger partial charge in [0.15, 0.2) is 18.3 Å². The molecule has 0 rings (SSSR count). The van der Waals surface area contributed by atoms with Gasteiger partial charge in [0.25, 0.3) is 0 Å². The molecule has 0 aromatic heterocycles. The summed E-state index contributed by atoms with van der Waals surface area (Å²) < 4.78 is 21.0. The van der Waals surface area contributed by atoms with Crippen LogP contribution in [-0.2, 0) is 38.1 Å². The topological polar surface area (TPSA) is 125 Å². The van der Waals surface area contributed by atoms with Crippen molar-refractivity contribution in [3.8, 4) is 0 Å². The number of aliphatic hydroxyl groups is 1. The predicted octanol–water partition coefficient (Wildman–Crippen LogP) is 1.80. The summed E-state index contributed by atoms with van der Waals surface area (Å²) in [5.74, 6) is -2.67. The lowest BCUT2D eigenvalue weighted by Crippen LogP contribution is -2.48. The van der Waals surface area contributed by atoms with E-state index in [0.29, 0.717) is 0 Å². The fourth-order valence-electron chi connectivity index (χ4n) is 2.03. The van der Waals surface area contributed by atoms with Gasteiger partial charge in [-0.05, 0) is 13.0 Å². The van der Waals surface area contributed by atoms with E-state index in [9.17, 15) is 24.3 Å². The van der Waals surface area contributed by atoms with Gasteiger partial charge in [-0.1, -0.05) is 27.7 Å². The Morgan fingerprint density at radius 1 is 0.786 bits per heavy atom. The van der Waals surface area contributed by atoms with Crippen molar-refractivity contribution in [3.63, 3.8) is 0 Å². The first-order valence-electron chi connectivity index (χ1n) is 9.33. The molecule has 0 heterocycles. The molecule has 0 saturated carbocycles. The molecule has 9 heteroatoms. The van der Waals surface area contributed by atoms with Gasteiger partial charge in [0, 0.05) is 25.7 Å². The third-order valence-corrected chi connectivity index (χ3v) is 3.60. The summed E-state index contributed by atoms with van der Waals surface area (Å²) in [6.45, 7) is 7.07. The van der Waals surface area contributed by atoms with Crippen molar-refractivity contribution in [1.82, 2.24) is 0 Å². The molecule has 1 N–H and O–H groups in total. The van der Waals surface area contributed by atoms with Gasteiger partial charge in [0.1, 0.15) is 5.76 Å². The first-order valence-corrected chi connectivity index (χ1v) is 9.33. The summed E-state index contributed by atoms with van der Waals surface area (Å²) in [4.78, 5) is 47.4. The number of carbonyl (C=O) groups excluding carboxylic acids is 4. The Hall–Kier alpha value is -2.42. The lowest BCUT2D eigenvalue weighted by atomic mass is 10.0. The quantitative estimate of drug-likeness (QED) is 0.295. The van der Waals surface area contributed by atoms with Crippen LogP contribution >= 0.6 is 0 Å². The van der Waals surface area contributed by atoms with Gasteiger partial charge < -0.3 is 24.1 Å². The number of allylic oxidation sites excluding steroid dienone is 1. The molecule has 0 aliphatic heterocycles. The van der Waals surface area contributed by atoms with Crippen molar-refractivity contribution in [1.29, 1.82) is 0 Å². The maximum atomic E-state index is 11.9. The Kier molecular flexibility index (Phi) is 12.5. The van der Waals surface area contributed by atoms with Crippen LogP contribution in [0.2, 0.25) is 0 Å². The number of esters is 4. The molecule has 0 aromatic carbocycles. The van der Waals surface area contributed by atoms with E-state index >= 15 is 0 Å². The molecule has 9 nitrogen and oxygen atoms in total. The second-order valence-electron chi connectivity index (χ2n) is 5.66. The lowest BCUT2D eigenvalue weighted by Gasteiger charge is -2.32.